The molecule has 1 aliphatic rings. The zero-order chi connectivity index (χ0) is 5.82. The Morgan fingerprint density at radius 2 is 2.88 bits per heavy atom. The Labute approximate surface area is 48.9 Å². The van der Waals surface area contributed by atoms with Gasteiger partial charge in [0.2, 0.25) is 0 Å². The molecular weight excluding hydrogens is 102 g/mol. The van der Waals surface area contributed by atoms with Crippen LogP contribution in [0.15, 0.2) is 17.6 Å². The maximum absolute atomic E-state index is 5.03. The van der Waals surface area contributed by atoms with Crippen LogP contribution in [0.5, 0.6) is 0 Å². The Morgan fingerprint density at radius 3 is 3.38 bits per heavy atom. The molecule has 1 unspecified atom stereocenters. The van der Waals surface area contributed by atoms with Gasteiger partial charge in [-0.15, -0.1) is 6.58 Å². The molecule has 0 aromatic carbocycles. The average Bonchev–Trinajstić information content (AvgIpc) is 2.19. The molecule has 0 bridgehead atoms. The van der Waals surface area contributed by atoms with Gasteiger partial charge in [-0.25, -0.2) is 0 Å². The van der Waals surface area contributed by atoms with Crippen LogP contribution in [0.3, 0.4) is 0 Å². The van der Waals surface area contributed by atoms with Gasteiger partial charge in [0.25, 0.3) is 0 Å². The highest BCUT2D eigenvalue weighted by Crippen LogP contribution is 2.02. The molecule has 0 N–H and O–H groups in total. The van der Waals surface area contributed by atoms with Gasteiger partial charge in [-0.1, -0.05) is 6.08 Å². The monoisotopic (exact) mass is 111 g/mol. The highest BCUT2D eigenvalue weighted by Gasteiger charge is 2.08. The Kier molecular flexibility index (Phi) is 1.67. The molecule has 2 heteroatoms. The summed E-state index contributed by atoms with van der Waals surface area (Å²) in [5, 5.41) is 0. The van der Waals surface area contributed by atoms with Crippen molar-refractivity contribution in [1.82, 2.24) is 0 Å². The number of nitrogens with zero attached hydrogens (tertiary/aromatic N) is 1. The van der Waals surface area contributed by atoms with Gasteiger partial charge in [0.05, 0.1) is 6.54 Å². The zero-order valence-electron chi connectivity index (χ0n) is 4.71. The molecule has 0 aromatic heterocycles. The summed E-state index contributed by atoms with van der Waals surface area (Å²) in [5.74, 6) is 0. The summed E-state index contributed by atoms with van der Waals surface area (Å²) in [6, 6.07) is 0. The summed E-state index contributed by atoms with van der Waals surface area (Å²) >= 11 is 0. The summed E-state index contributed by atoms with van der Waals surface area (Å²) in [7, 11) is 0. The van der Waals surface area contributed by atoms with E-state index in [-0.39, 0.29) is 6.10 Å². The van der Waals surface area contributed by atoms with E-state index in [1.54, 1.807) is 0 Å². The van der Waals surface area contributed by atoms with Crippen molar-refractivity contribution in [2.45, 2.75) is 12.5 Å². The maximum atomic E-state index is 5.03. The summed E-state index contributed by atoms with van der Waals surface area (Å²) in [4.78, 5) is 3.89. The van der Waals surface area contributed by atoms with E-state index in [2.05, 4.69) is 11.6 Å². The van der Waals surface area contributed by atoms with E-state index in [0.29, 0.717) is 0 Å². The van der Waals surface area contributed by atoms with Gasteiger partial charge in [0.15, 0.2) is 6.40 Å². The normalized spacial score (nSPS) is 25.2. The molecule has 0 amide bonds. The van der Waals surface area contributed by atoms with Gasteiger partial charge in [0, 0.05) is 6.42 Å². The molecule has 0 saturated carbocycles. The Bertz CT molecular complexity index is 101. The van der Waals surface area contributed by atoms with Crippen LogP contribution in [-0.4, -0.2) is 19.0 Å². The second kappa shape index (κ2) is 2.50. The first kappa shape index (κ1) is 5.35. The number of hydrogen-bond donors (Lipinski definition) is 0. The lowest BCUT2D eigenvalue weighted by molar-refractivity contribution is 0.238. The van der Waals surface area contributed by atoms with Gasteiger partial charge < -0.3 is 4.74 Å². The molecule has 1 aliphatic heterocycles. The van der Waals surface area contributed by atoms with Crippen molar-refractivity contribution in [3.63, 3.8) is 0 Å². The van der Waals surface area contributed by atoms with E-state index in [1.807, 2.05) is 6.08 Å². The second-order valence-electron chi connectivity index (χ2n) is 1.75. The van der Waals surface area contributed by atoms with E-state index in [0.717, 1.165) is 13.0 Å². The molecule has 0 spiro atoms. The molecule has 0 aromatic rings. The van der Waals surface area contributed by atoms with Gasteiger partial charge in [0.1, 0.15) is 6.10 Å². The predicted octanol–water partition coefficient (Wildman–Crippen LogP) is 0.990. The molecule has 0 aliphatic carbocycles. The third-order valence-electron chi connectivity index (χ3n) is 1.07. The second-order valence-corrected chi connectivity index (χ2v) is 1.75. The van der Waals surface area contributed by atoms with Crippen molar-refractivity contribution >= 4 is 6.40 Å². The molecule has 1 rings (SSSR count). The Balaban J connectivity index is 2.19. The van der Waals surface area contributed by atoms with Crippen LogP contribution in [0.4, 0.5) is 0 Å². The fourth-order valence-corrected chi connectivity index (χ4v) is 0.649. The van der Waals surface area contributed by atoms with E-state index < -0.39 is 0 Å². The molecule has 2 nitrogen and oxygen atoms in total. The Morgan fingerprint density at radius 1 is 2.00 bits per heavy atom. The number of aliphatic imine (C=N–C) groups is 1. The summed E-state index contributed by atoms with van der Waals surface area (Å²) < 4.78 is 5.03. The highest BCUT2D eigenvalue weighted by atomic mass is 16.5. The van der Waals surface area contributed by atoms with Crippen LogP contribution in [-0.2, 0) is 4.74 Å². The minimum absolute atomic E-state index is 0.271. The van der Waals surface area contributed by atoms with E-state index in [9.17, 15) is 0 Å². The van der Waals surface area contributed by atoms with Crippen LogP contribution in [0, 0.1) is 0 Å². The standard InChI is InChI=1S/C6H9NO/c1-2-3-6-4-7-5-8-6/h2,5-6H,1,3-4H2. The lowest BCUT2D eigenvalue weighted by Gasteiger charge is -2.02. The smallest absolute Gasteiger partial charge is 0.170 e. The fraction of sp³-hybridized carbons (Fsp3) is 0.500. The van der Waals surface area contributed by atoms with Crippen molar-refractivity contribution in [2.75, 3.05) is 6.54 Å². The summed E-state index contributed by atoms with van der Waals surface area (Å²) in [6.45, 7) is 4.39. The molecule has 1 atom stereocenters. The third-order valence-corrected chi connectivity index (χ3v) is 1.07. The average molecular weight is 111 g/mol. The van der Waals surface area contributed by atoms with Crippen LogP contribution in [0.1, 0.15) is 6.42 Å². The van der Waals surface area contributed by atoms with Crippen LogP contribution >= 0.6 is 0 Å². The van der Waals surface area contributed by atoms with Gasteiger partial charge >= 0.3 is 0 Å². The van der Waals surface area contributed by atoms with E-state index in [4.69, 9.17) is 4.74 Å². The van der Waals surface area contributed by atoms with Crippen LogP contribution in [0.25, 0.3) is 0 Å². The molecule has 0 radical (unpaired) electrons. The van der Waals surface area contributed by atoms with Crippen LogP contribution < -0.4 is 0 Å². The van der Waals surface area contributed by atoms with E-state index >= 15 is 0 Å². The largest absolute Gasteiger partial charge is 0.478 e. The molecule has 0 saturated heterocycles. The quantitative estimate of drug-likeness (QED) is 0.487. The highest BCUT2D eigenvalue weighted by molar-refractivity contribution is 5.48. The summed E-state index contributed by atoms with van der Waals surface area (Å²) in [5.41, 5.74) is 0. The SMILES string of the molecule is C=CCC1CN=CO1. The van der Waals surface area contributed by atoms with E-state index in [1.165, 1.54) is 6.40 Å². The predicted molar refractivity (Wildman–Crippen MR) is 33.0 cm³/mol. The van der Waals surface area contributed by atoms with Gasteiger partial charge in [-0.05, 0) is 0 Å². The lowest BCUT2D eigenvalue weighted by atomic mass is 10.2. The van der Waals surface area contributed by atoms with Gasteiger partial charge in [-0.2, -0.15) is 0 Å². The van der Waals surface area contributed by atoms with Crippen molar-refractivity contribution in [2.24, 2.45) is 4.99 Å². The third kappa shape index (κ3) is 1.09. The number of hydrogen-bond acceptors (Lipinski definition) is 2. The number of ether oxygens (including phenoxy) is 1. The molecule has 1 heterocycles. The molecular formula is C6H9NO. The van der Waals surface area contributed by atoms with Crippen LogP contribution in [0.2, 0.25) is 0 Å². The fourth-order valence-electron chi connectivity index (χ4n) is 0.649. The zero-order valence-corrected chi connectivity index (χ0v) is 4.71. The van der Waals surface area contributed by atoms with Crippen molar-refractivity contribution in [1.29, 1.82) is 0 Å². The minimum Gasteiger partial charge on any atom is -0.478 e. The van der Waals surface area contributed by atoms with Crippen molar-refractivity contribution in [3.05, 3.63) is 12.7 Å². The first-order valence-electron chi connectivity index (χ1n) is 2.68. The Hall–Kier alpha value is -0.790. The summed E-state index contributed by atoms with van der Waals surface area (Å²) in [6.07, 6.45) is 4.53. The van der Waals surface area contributed by atoms with Gasteiger partial charge in [-0.3, -0.25) is 4.99 Å². The first-order chi connectivity index (χ1) is 3.93. The molecule has 8 heavy (non-hydrogen) atoms. The first-order valence-corrected chi connectivity index (χ1v) is 2.68. The number of rotatable bonds is 2. The molecule has 44 valence electrons. The van der Waals surface area contributed by atoms with Crippen molar-refractivity contribution < 1.29 is 4.74 Å². The van der Waals surface area contributed by atoms with Crippen molar-refractivity contribution in [3.8, 4) is 0 Å². The molecule has 0 fully saturated rings. The maximum Gasteiger partial charge on any atom is 0.170 e. The lowest BCUT2D eigenvalue weighted by Crippen LogP contribution is -2.07. The topological polar surface area (TPSA) is 21.6 Å². The minimum atomic E-state index is 0.271.